The van der Waals surface area contributed by atoms with E-state index in [1.165, 1.54) is 0 Å². The average Bonchev–Trinajstić information content (AvgIpc) is 1.59. The van der Waals surface area contributed by atoms with Crippen LogP contribution in [0.15, 0.2) is 0 Å². The molecule has 0 amide bonds. The Bertz CT molecular complexity index is 93.5. The number of aliphatic hydroxyl groups is 1. The van der Waals surface area contributed by atoms with Crippen molar-refractivity contribution in [2.75, 3.05) is 0 Å². The molecule has 0 aliphatic heterocycles. The minimum Gasteiger partial charge on any atom is -1.00 e. The largest absolute Gasteiger partial charge is 1.00 e. The highest BCUT2D eigenvalue weighted by atomic mass is 35.5. The monoisotopic (exact) mass is 181 g/mol. The molecule has 0 aromatic heterocycles. The maximum Gasteiger partial charge on any atom is 1.00 e. The van der Waals surface area contributed by atoms with Gasteiger partial charge in [0.05, 0.1) is 5.60 Å². The summed E-state index contributed by atoms with van der Waals surface area (Å²) in [4.78, 5) is 0. The van der Waals surface area contributed by atoms with E-state index in [4.69, 9.17) is 5.73 Å². The van der Waals surface area contributed by atoms with Gasteiger partial charge in [0.1, 0.15) is 0 Å². The van der Waals surface area contributed by atoms with Crippen molar-refractivity contribution >= 4 is 0 Å². The Morgan fingerprint density at radius 1 is 1.55 bits per heavy atom. The van der Waals surface area contributed by atoms with Gasteiger partial charge in [-0.25, -0.2) is 0 Å². The fourth-order valence-electron chi connectivity index (χ4n) is 0.857. The molecule has 0 rings (SSSR count). The number of nitrogens with two attached hydrogens (primary N) is 1. The van der Waals surface area contributed by atoms with Crippen LogP contribution in [0.5, 0.6) is 0 Å². The summed E-state index contributed by atoms with van der Waals surface area (Å²) < 4.78 is 0. The lowest BCUT2D eigenvalue weighted by Gasteiger charge is -2.16. The fraction of sp³-hybridized carbons (Fsp3) is 1.00. The van der Waals surface area contributed by atoms with Crippen molar-refractivity contribution in [2.24, 2.45) is 5.73 Å². The summed E-state index contributed by atoms with van der Waals surface area (Å²) in [6.07, 6.45) is 2.86. The van der Waals surface area contributed by atoms with E-state index in [0.717, 1.165) is 19.3 Å². The van der Waals surface area contributed by atoms with Gasteiger partial charge in [-0.05, 0) is 40.0 Å². The topological polar surface area (TPSA) is 46.2 Å². The van der Waals surface area contributed by atoms with E-state index in [0.29, 0.717) is 0 Å². The zero-order chi connectivity index (χ0) is 8.20. The molecule has 0 aliphatic rings. The van der Waals surface area contributed by atoms with Crippen molar-refractivity contribution in [2.45, 2.75) is 51.7 Å². The second kappa shape index (κ2) is 5.81. The van der Waals surface area contributed by atoms with E-state index in [9.17, 15) is 5.11 Å². The van der Waals surface area contributed by atoms with Crippen LogP contribution in [0.2, 0.25) is 0 Å². The molecule has 1 atom stereocenters. The van der Waals surface area contributed by atoms with Crippen molar-refractivity contribution in [1.29, 1.82) is 0 Å². The Hall–Kier alpha value is 0.210. The maximum absolute atomic E-state index is 9.29. The predicted molar refractivity (Wildman–Crippen MR) is 44.9 cm³/mol. The molecule has 0 aliphatic carbocycles. The van der Waals surface area contributed by atoms with Crippen LogP contribution in [0, 0.1) is 0 Å². The van der Waals surface area contributed by atoms with Crippen LogP contribution in [0.4, 0.5) is 0 Å². The summed E-state index contributed by atoms with van der Waals surface area (Å²) in [5, 5.41) is 9.29. The van der Waals surface area contributed by atoms with Crippen molar-refractivity contribution in [1.82, 2.24) is 0 Å². The number of hydrogen-bond donors (Lipinski definition) is 2. The van der Waals surface area contributed by atoms with Gasteiger partial charge >= 0.3 is 1.43 Å². The molecule has 70 valence electrons. The lowest BCUT2D eigenvalue weighted by atomic mass is 10.0. The summed E-state index contributed by atoms with van der Waals surface area (Å²) in [6.45, 7) is 5.65. The third kappa shape index (κ3) is 13.2. The molecule has 0 bridgehead atoms. The summed E-state index contributed by atoms with van der Waals surface area (Å²) in [5.74, 6) is 0. The summed E-state index contributed by atoms with van der Waals surface area (Å²) in [7, 11) is 0. The van der Waals surface area contributed by atoms with E-state index in [-0.39, 0.29) is 19.9 Å². The Morgan fingerprint density at radius 2 is 2.00 bits per heavy atom. The van der Waals surface area contributed by atoms with Crippen LogP contribution in [-0.2, 0) is 0 Å². The van der Waals surface area contributed by atoms with Gasteiger partial charge in [0.2, 0.25) is 0 Å². The zero-order valence-corrected chi connectivity index (χ0v) is 8.36. The predicted octanol–water partition coefficient (Wildman–Crippen LogP) is -1.61. The number of halogens is 1. The summed E-state index contributed by atoms with van der Waals surface area (Å²) >= 11 is 0. The maximum atomic E-state index is 9.29. The molecule has 3 heteroatoms. The molecular weight excluding hydrogens is 162 g/mol. The first-order valence-corrected chi connectivity index (χ1v) is 3.90. The van der Waals surface area contributed by atoms with Crippen molar-refractivity contribution in [3.8, 4) is 0 Å². The summed E-state index contributed by atoms with van der Waals surface area (Å²) in [5.41, 5.74) is 5.02. The smallest absolute Gasteiger partial charge is 1.00 e. The van der Waals surface area contributed by atoms with E-state index < -0.39 is 5.60 Å². The van der Waals surface area contributed by atoms with Crippen molar-refractivity contribution < 1.29 is 18.9 Å². The Balaban J connectivity index is -0.000000405. The highest BCUT2D eigenvalue weighted by Gasteiger charge is 2.11. The average molecular weight is 182 g/mol. The molecule has 0 radical (unpaired) electrons. The fourth-order valence-corrected chi connectivity index (χ4v) is 0.857. The summed E-state index contributed by atoms with van der Waals surface area (Å²) in [6, 6.07) is 0.266. The van der Waals surface area contributed by atoms with Gasteiger partial charge in [0, 0.05) is 6.04 Å². The molecule has 0 aromatic rings. The zero-order valence-electron chi connectivity index (χ0n) is 8.60. The second-order valence-corrected chi connectivity index (χ2v) is 3.68. The quantitative estimate of drug-likeness (QED) is 0.549. The number of hydrogen-bond acceptors (Lipinski definition) is 2. The molecular formula is C8H20ClNO. The molecule has 2 nitrogen and oxygen atoms in total. The van der Waals surface area contributed by atoms with Crippen LogP contribution in [0.3, 0.4) is 0 Å². The highest BCUT2D eigenvalue weighted by Crippen LogP contribution is 2.12. The second-order valence-electron chi connectivity index (χ2n) is 3.68. The molecule has 0 saturated carbocycles. The first-order valence-electron chi connectivity index (χ1n) is 3.90. The van der Waals surface area contributed by atoms with E-state index in [1.54, 1.807) is 0 Å². The molecule has 3 N–H and O–H groups in total. The van der Waals surface area contributed by atoms with E-state index in [1.807, 2.05) is 20.8 Å². The normalized spacial score (nSPS) is 13.9. The van der Waals surface area contributed by atoms with Crippen LogP contribution < -0.4 is 18.1 Å². The Kier molecular flexibility index (Phi) is 7.28. The highest BCUT2D eigenvalue weighted by molar-refractivity contribution is 4.65. The Labute approximate surface area is 77.1 Å². The van der Waals surface area contributed by atoms with Gasteiger partial charge in [0.15, 0.2) is 0 Å². The first-order chi connectivity index (χ1) is 4.42. The van der Waals surface area contributed by atoms with Crippen LogP contribution in [0.1, 0.15) is 41.5 Å². The van der Waals surface area contributed by atoms with Crippen molar-refractivity contribution in [3.63, 3.8) is 0 Å². The standard InChI is InChI=1S/C8H19NO.ClH/c1-7(9)5-4-6-8(2,3)10;/h7,10H,4-6,9H2,1-3H3;1H. The van der Waals surface area contributed by atoms with Crippen LogP contribution in [0.25, 0.3) is 0 Å². The van der Waals surface area contributed by atoms with Crippen molar-refractivity contribution in [3.05, 3.63) is 0 Å². The van der Waals surface area contributed by atoms with Gasteiger partial charge in [-0.2, -0.15) is 0 Å². The molecule has 1 unspecified atom stereocenters. The van der Waals surface area contributed by atoms with Gasteiger partial charge in [-0.1, -0.05) is 0 Å². The van der Waals surface area contributed by atoms with Crippen LogP contribution >= 0.6 is 0 Å². The molecule has 0 fully saturated rings. The van der Waals surface area contributed by atoms with Gasteiger partial charge in [-0.3, -0.25) is 0 Å². The lowest BCUT2D eigenvalue weighted by molar-refractivity contribution is -0.0000122. The molecule has 0 heterocycles. The number of rotatable bonds is 4. The molecule has 11 heavy (non-hydrogen) atoms. The van der Waals surface area contributed by atoms with E-state index >= 15 is 0 Å². The van der Waals surface area contributed by atoms with Gasteiger partial charge in [0.25, 0.3) is 0 Å². The lowest BCUT2D eigenvalue weighted by Crippen LogP contribution is -3.00. The molecule has 0 aromatic carbocycles. The molecule has 0 spiro atoms. The SMILES string of the molecule is CC(N)CCCC(C)(C)O.[Cl-].[H+]. The first kappa shape index (κ1) is 13.8. The third-order valence-electron chi connectivity index (χ3n) is 1.45. The molecule has 0 saturated heterocycles. The van der Waals surface area contributed by atoms with Crippen LogP contribution in [-0.4, -0.2) is 16.7 Å². The third-order valence-corrected chi connectivity index (χ3v) is 1.45. The van der Waals surface area contributed by atoms with Gasteiger partial charge in [-0.15, -0.1) is 0 Å². The Morgan fingerprint density at radius 3 is 2.27 bits per heavy atom. The van der Waals surface area contributed by atoms with E-state index in [2.05, 4.69) is 0 Å². The van der Waals surface area contributed by atoms with Gasteiger partial charge < -0.3 is 23.2 Å². The minimum atomic E-state index is -0.519. The minimum absolute atomic E-state index is 0.